The zero-order chi connectivity index (χ0) is 14.3. The summed E-state index contributed by atoms with van der Waals surface area (Å²) in [6.45, 7) is 8.60. The predicted octanol–water partition coefficient (Wildman–Crippen LogP) is 1.75. The zero-order valence-corrected chi connectivity index (χ0v) is 13.2. The second kappa shape index (κ2) is 7.45. The highest BCUT2D eigenvalue weighted by molar-refractivity contribution is 7.09. The van der Waals surface area contributed by atoms with Crippen molar-refractivity contribution in [3.63, 3.8) is 0 Å². The fraction of sp³-hybridized carbons (Fsp3) is 0.692. The first kappa shape index (κ1) is 15.9. The Hall–Kier alpha value is -1.14. The molecular formula is C13H24N4OS. The van der Waals surface area contributed by atoms with Crippen LogP contribution in [0.2, 0.25) is 0 Å². The molecule has 0 bridgehead atoms. The van der Waals surface area contributed by atoms with Crippen LogP contribution in [0, 0.1) is 0 Å². The number of guanidine groups is 1. The molecule has 108 valence electrons. The molecule has 0 atom stereocenters. The summed E-state index contributed by atoms with van der Waals surface area (Å²) in [5, 5.41) is 9.66. The highest BCUT2D eigenvalue weighted by Crippen LogP contribution is 2.25. The lowest BCUT2D eigenvalue weighted by Crippen LogP contribution is -2.38. The maximum atomic E-state index is 4.98. The number of hydrogen-bond donors (Lipinski definition) is 2. The molecule has 1 rings (SSSR count). The van der Waals surface area contributed by atoms with E-state index in [2.05, 4.69) is 46.8 Å². The molecule has 0 aliphatic rings. The minimum absolute atomic E-state index is 0.112. The molecule has 1 aromatic heterocycles. The number of hydrogen-bond acceptors (Lipinski definition) is 4. The molecule has 6 heteroatoms. The van der Waals surface area contributed by atoms with Gasteiger partial charge in [-0.25, -0.2) is 4.98 Å². The SMILES string of the molecule is CN=C(NCCOC)NCc1csc(C(C)(C)C)n1. The predicted molar refractivity (Wildman–Crippen MR) is 80.9 cm³/mol. The van der Waals surface area contributed by atoms with E-state index in [9.17, 15) is 0 Å². The quantitative estimate of drug-likeness (QED) is 0.491. The lowest BCUT2D eigenvalue weighted by atomic mass is 9.98. The van der Waals surface area contributed by atoms with Crippen molar-refractivity contribution in [2.45, 2.75) is 32.7 Å². The van der Waals surface area contributed by atoms with Crippen LogP contribution in [0.5, 0.6) is 0 Å². The maximum Gasteiger partial charge on any atom is 0.191 e. The van der Waals surface area contributed by atoms with Gasteiger partial charge in [0.2, 0.25) is 0 Å². The Morgan fingerprint density at radius 1 is 1.42 bits per heavy atom. The smallest absolute Gasteiger partial charge is 0.191 e. The molecule has 0 aliphatic carbocycles. The number of nitrogens with zero attached hydrogens (tertiary/aromatic N) is 2. The third-order valence-corrected chi connectivity index (χ3v) is 3.77. The molecule has 2 N–H and O–H groups in total. The first-order valence-electron chi connectivity index (χ1n) is 6.35. The van der Waals surface area contributed by atoms with Crippen molar-refractivity contribution in [1.29, 1.82) is 0 Å². The highest BCUT2D eigenvalue weighted by atomic mass is 32.1. The van der Waals surface area contributed by atoms with Gasteiger partial charge in [0.15, 0.2) is 5.96 Å². The maximum absolute atomic E-state index is 4.98. The number of methoxy groups -OCH3 is 1. The number of nitrogens with one attached hydrogen (secondary N) is 2. The third-order valence-electron chi connectivity index (χ3n) is 2.45. The van der Waals surface area contributed by atoms with Gasteiger partial charge in [0.1, 0.15) is 0 Å². The molecule has 0 aliphatic heterocycles. The minimum Gasteiger partial charge on any atom is -0.383 e. The summed E-state index contributed by atoms with van der Waals surface area (Å²) in [5.41, 5.74) is 1.16. The fourth-order valence-electron chi connectivity index (χ4n) is 1.40. The Morgan fingerprint density at radius 2 is 2.16 bits per heavy atom. The summed E-state index contributed by atoms with van der Waals surface area (Å²) in [7, 11) is 3.44. The van der Waals surface area contributed by atoms with Crippen molar-refractivity contribution < 1.29 is 4.74 Å². The van der Waals surface area contributed by atoms with E-state index in [-0.39, 0.29) is 5.41 Å². The summed E-state index contributed by atoms with van der Waals surface area (Å²) in [6, 6.07) is 0. The van der Waals surface area contributed by atoms with E-state index in [4.69, 9.17) is 4.74 Å². The number of aliphatic imine (C=N–C) groups is 1. The van der Waals surface area contributed by atoms with Crippen molar-refractivity contribution in [2.75, 3.05) is 27.3 Å². The van der Waals surface area contributed by atoms with Crippen LogP contribution in [-0.4, -0.2) is 38.3 Å². The topological polar surface area (TPSA) is 58.5 Å². The monoisotopic (exact) mass is 284 g/mol. The van der Waals surface area contributed by atoms with Gasteiger partial charge in [-0.2, -0.15) is 0 Å². The van der Waals surface area contributed by atoms with Crippen LogP contribution in [0.3, 0.4) is 0 Å². The summed E-state index contributed by atoms with van der Waals surface area (Å²) in [6.07, 6.45) is 0. The fourth-order valence-corrected chi connectivity index (χ4v) is 2.31. The Balaban J connectivity index is 2.45. The molecule has 0 saturated heterocycles. The van der Waals surface area contributed by atoms with Gasteiger partial charge in [-0.3, -0.25) is 4.99 Å². The molecule has 0 fully saturated rings. The van der Waals surface area contributed by atoms with E-state index in [0.29, 0.717) is 13.2 Å². The first-order valence-corrected chi connectivity index (χ1v) is 7.23. The van der Waals surface area contributed by atoms with Crippen molar-refractivity contribution in [3.05, 3.63) is 16.1 Å². The van der Waals surface area contributed by atoms with Gasteiger partial charge in [0.05, 0.1) is 23.9 Å². The molecule has 0 saturated carbocycles. The Morgan fingerprint density at radius 3 is 2.68 bits per heavy atom. The molecule has 19 heavy (non-hydrogen) atoms. The zero-order valence-electron chi connectivity index (χ0n) is 12.4. The molecular weight excluding hydrogens is 260 g/mol. The number of ether oxygens (including phenoxy) is 1. The van der Waals surface area contributed by atoms with Gasteiger partial charge >= 0.3 is 0 Å². The largest absolute Gasteiger partial charge is 0.383 e. The van der Waals surface area contributed by atoms with Crippen LogP contribution in [0.25, 0.3) is 0 Å². The molecule has 1 aromatic rings. The lowest BCUT2D eigenvalue weighted by Gasteiger charge is -2.14. The van der Waals surface area contributed by atoms with Gasteiger partial charge in [0, 0.05) is 31.5 Å². The van der Waals surface area contributed by atoms with Crippen molar-refractivity contribution in [3.8, 4) is 0 Å². The molecule has 0 aromatic carbocycles. The molecule has 1 heterocycles. The normalized spacial score (nSPS) is 12.6. The van der Waals surface area contributed by atoms with Crippen LogP contribution in [0.15, 0.2) is 10.4 Å². The molecule has 0 unspecified atom stereocenters. The number of rotatable bonds is 5. The lowest BCUT2D eigenvalue weighted by molar-refractivity contribution is 0.203. The van der Waals surface area contributed by atoms with Crippen LogP contribution >= 0.6 is 11.3 Å². The van der Waals surface area contributed by atoms with Crippen molar-refractivity contribution in [1.82, 2.24) is 15.6 Å². The minimum atomic E-state index is 0.112. The van der Waals surface area contributed by atoms with E-state index < -0.39 is 0 Å². The second-order valence-corrected chi connectivity index (χ2v) is 6.10. The third kappa shape index (κ3) is 5.57. The average molecular weight is 284 g/mol. The van der Waals surface area contributed by atoms with Gasteiger partial charge < -0.3 is 15.4 Å². The van der Waals surface area contributed by atoms with E-state index in [0.717, 1.165) is 23.2 Å². The van der Waals surface area contributed by atoms with Gasteiger partial charge in [-0.05, 0) is 0 Å². The highest BCUT2D eigenvalue weighted by Gasteiger charge is 2.17. The average Bonchev–Trinajstić information content (AvgIpc) is 2.82. The van der Waals surface area contributed by atoms with Crippen LogP contribution in [0.1, 0.15) is 31.5 Å². The standard InChI is InChI=1S/C13H24N4OS/c1-13(2,3)11-17-10(9-19-11)8-16-12(14-4)15-6-7-18-5/h9H,6-8H2,1-5H3,(H2,14,15,16). The summed E-state index contributed by atoms with van der Waals surface area (Å²) in [5.74, 6) is 0.766. The summed E-state index contributed by atoms with van der Waals surface area (Å²) < 4.78 is 4.98. The van der Waals surface area contributed by atoms with Crippen LogP contribution < -0.4 is 10.6 Å². The van der Waals surface area contributed by atoms with E-state index in [1.54, 1.807) is 25.5 Å². The van der Waals surface area contributed by atoms with Gasteiger partial charge in [-0.15, -0.1) is 11.3 Å². The Kier molecular flexibility index (Phi) is 6.24. The molecule has 0 spiro atoms. The molecule has 0 radical (unpaired) electrons. The number of aromatic nitrogens is 1. The van der Waals surface area contributed by atoms with E-state index in [1.807, 2.05) is 0 Å². The van der Waals surface area contributed by atoms with Crippen LogP contribution in [-0.2, 0) is 16.7 Å². The summed E-state index contributed by atoms with van der Waals surface area (Å²) >= 11 is 1.71. The Bertz CT molecular complexity index is 409. The van der Waals surface area contributed by atoms with E-state index >= 15 is 0 Å². The number of thiazole rings is 1. The molecule has 0 amide bonds. The van der Waals surface area contributed by atoms with Gasteiger partial charge in [-0.1, -0.05) is 20.8 Å². The van der Waals surface area contributed by atoms with Gasteiger partial charge in [0.25, 0.3) is 0 Å². The summed E-state index contributed by atoms with van der Waals surface area (Å²) in [4.78, 5) is 8.78. The van der Waals surface area contributed by atoms with E-state index in [1.165, 1.54) is 0 Å². The van der Waals surface area contributed by atoms with Crippen molar-refractivity contribution in [2.24, 2.45) is 4.99 Å². The Labute approximate surface area is 119 Å². The first-order chi connectivity index (χ1) is 8.97. The molecule has 5 nitrogen and oxygen atoms in total. The van der Waals surface area contributed by atoms with Crippen LogP contribution in [0.4, 0.5) is 0 Å². The second-order valence-electron chi connectivity index (χ2n) is 5.24. The van der Waals surface area contributed by atoms with Crippen molar-refractivity contribution >= 4 is 17.3 Å².